The summed E-state index contributed by atoms with van der Waals surface area (Å²) in [5, 5.41) is 3.08. The molecule has 1 aromatic carbocycles. The molecular formula is C13H15N3O2S. The van der Waals surface area contributed by atoms with Gasteiger partial charge in [-0.3, -0.25) is 19.9 Å². The predicted molar refractivity (Wildman–Crippen MR) is 77.4 cm³/mol. The van der Waals surface area contributed by atoms with Gasteiger partial charge < -0.3 is 4.90 Å². The average molecular weight is 277 g/mol. The van der Waals surface area contributed by atoms with E-state index in [1.165, 1.54) is 16.7 Å². The lowest BCUT2D eigenvalue weighted by molar-refractivity contribution is -0.136. The number of likely N-dealkylation sites (N-methyl/N-ethyl adjacent to an activating group) is 1. The summed E-state index contributed by atoms with van der Waals surface area (Å²) >= 11 is 1.45. The lowest BCUT2D eigenvalue weighted by Crippen LogP contribution is -2.44. The van der Waals surface area contributed by atoms with Crippen molar-refractivity contribution in [1.82, 2.24) is 5.32 Å². The Balaban J connectivity index is 2.06. The van der Waals surface area contributed by atoms with E-state index in [1.54, 1.807) is 12.1 Å². The van der Waals surface area contributed by atoms with Crippen LogP contribution in [0, 0.1) is 0 Å². The Hall–Kier alpha value is -1.82. The van der Waals surface area contributed by atoms with E-state index in [1.807, 2.05) is 25.1 Å². The summed E-state index contributed by atoms with van der Waals surface area (Å²) in [5.41, 5.74) is 0.714. The van der Waals surface area contributed by atoms with Crippen LogP contribution >= 0.6 is 11.8 Å². The molecule has 0 unspecified atom stereocenters. The SMILES string of the molecule is CCN(C(=O)C(=O)NC1=NCCS1)c1ccccc1. The monoisotopic (exact) mass is 277 g/mol. The quantitative estimate of drug-likeness (QED) is 0.828. The van der Waals surface area contributed by atoms with Crippen LogP contribution in [-0.4, -0.2) is 35.8 Å². The van der Waals surface area contributed by atoms with E-state index < -0.39 is 11.8 Å². The van der Waals surface area contributed by atoms with E-state index in [0.29, 0.717) is 23.9 Å². The van der Waals surface area contributed by atoms with Crippen molar-refractivity contribution in [2.24, 2.45) is 4.99 Å². The minimum absolute atomic E-state index is 0.440. The Morgan fingerprint density at radius 3 is 2.68 bits per heavy atom. The minimum Gasteiger partial charge on any atom is -0.304 e. The Labute approximate surface area is 116 Å². The maximum atomic E-state index is 12.1. The van der Waals surface area contributed by atoms with Gasteiger partial charge in [0, 0.05) is 18.0 Å². The van der Waals surface area contributed by atoms with E-state index in [2.05, 4.69) is 10.3 Å². The number of anilines is 1. The topological polar surface area (TPSA) is 61.8 Å². The fraction of sp³-hybridized carbons (Fsp3) is 0.308. The largest absolute Gasteiger partial charge is 0.316 e. The molecule has 1 aliphatic heterocycles. The number of amides is 2. The van der Waals surface area contributed by atoms with Gasteiger partial charge in [-0.15, -0.1) is 0 Å². The van der Waals surface area contributed by atoms with Gasteiger partial charge in [-0.1, -0.05) is 30.0 Å². The van der Waals surface area contributed by atoms with Crippen LogP contribution in [0.15, 0.2) is 35.3 Å². The molecule has 0 atom stereocenters. The summed E-state index contributed by atoms with van der Waals surface area (Å²) in [7, 11) is 0. The number of benzene rings is 1. The van der Waals surface area contributed by atoms with Gasteiger partial charge in [0.1, 0.15) is 0 Å². The standard InChI is InChI=1S/C13H15N3O2S/c1-2-16(10-6-4-3-5-7-10)12(18)11(17)15-13-14-8-9-19-13/h3-7H,2,8-9H2,1H3,(H,14,15,17). The van der Waals surface area contributed by atoms with Gasteiger partial charge in [-0.05, 0) is 19.1 Å². The number of hydrogen-bond acceptors (Lipinski definition) is 4. The molecule has 1 aromatic rings. The summed E-state index contributed by atoms with van der Waals surface area (Å²) in [6.45, 7) is 2.96. The molecule has 1 aliphatic rings. The van der Waals surface area contributed by atoms with Crippen molar-refractivity contribution >= 4 is 34.4 Å². The van der Waals surface area contributed by atoms with Gasteiger partial charge in [0.2, 0.25) is 0 Å². The molecule has 100 valence electrons. The molecule has 0 aliphatic carbocycles. The molecule has 2 rings (SSSR count). The first kappa shape index (κ1) is 13.6. The Kier molecular flexibility index (Phi) is 4.57. The van der Waals surface area contributed by atoms with E-state index in [4.69, 9.17) is 0 Å². The van der Waals surface area contributed by atoms with E-state index >= 15 is 0 Å². The smallest absolute Gasteiger partial charge is 0.304 e. The second-order valence-corrected chi connectivity index (χ2v) is 4.96. The first-order valence-electron chi connectivity index (χ1n) is 6.07. The first-order valence-corrected chi connectivity index (χ1v) is 7.06. The lowest BCUT2D eigenvalue weighted by Gasteiger charge is -2.20. The maximum absolute atomic E-state index is 12.1. The van der Waals surface area contributed by atoms with Gasteiger partial charge in [-0.2, -0.15) is 0 Å². The number of nitrogens with zero attached hydrogens (tertiary/aromatic N) is 2. The third kappa shape index (κ3) is 3.35. The second-order valence-electron chi connectivity index (χ2n) is 3.87. The number of hydrogen-bond donors (Lipinski definition) is 1. The van der Waals surface area contributed by atoms with Gasteiger partial charge in [0.15, 0.2) is 5.17 Å². The normalized spacial score (nSPS) is 13.8. The molecule has 0 saturated heterocycles. The van der Waals surface area contributed by atoms with Gasteiger partial charge in [-0.25, -0.2) is 0 Å². The molecule has 0 spiro atoms. The molecule has 0 bridgehead atoms. The highest BCUT2D eigenvalue weighted by atomic mass is 32.2. The highest BCUT2D eigenvalue weighted by Gasteiger charge is 2.23. The third-order valence-electron chi connectivity index (χ3n) is 2.63. The fourth-order valence-corrected chi connectivity index (χ4v) is 2.46. The minimum atomic E-state index is -0.640. The number of amidine groups is 1. The lowest BCUT2D eigenvalue weighted by atomic mass is 10.3. The predicted octanol–water partition coefficient (Wildman–Crippen LogP) is 1.26. The Morgan fingerprint density at radius 1 is 1.37 bits per heavy atom. The van der Waals surface area contributed by atoms with Crippen molar-refractivity contribution in [2.75, 3.05) is 23.7 Å². The Bertz CT molecular complexity index is 502. The number of carbonyl (C=O) groups excluding carboxylic acids is 2. The van der Waals surface area contributed by atoms with Crippen molar-refractivity contribution in [2.45, 2.75) is 6.92 Å². The van der Waals surface area contributed by atoms with Gasteiger partial charge in [0.25, 0.3) is 0 Å². The molecule has 2 amide bonds. The summed E-state index contributed by atoms with van der Waals surface area (Å²) in [4.78, 5) is 29.5. The zero-order valence-electron chi connectivity index (χ0n) is 10.6. The first-order chi connectivity index (χ1) is 9.22. The fourth-order valence-electron chi connectivity index (χ4n) is 1.74. The molecule has 1 N–H and O–H groups in total. The molecule has 19 heavy (non-hydrogen) atoms. The van der Waals surface area contributed by atoms with Crippen molar-refractivity contribution in [3.63, 3.8) is 0 Å². The molecule has 1 heterocycles. The molecule has 5 nitrogen and oxygen atoms in total. The summed E-state index contributed by atoms with van der Waals surface area (Å²) < 4.78 is 0. The summed E-state index contributed by atoms with van der Waals surface area (Å²) in [5.74, 6) is -0.359. The molecule has 0 fully saturated rings. The van der Waals surface area contributed by atoms with E-state index in [-0.39, 0.29) is 0 Å². The molecule has 0 aromatic heterocycles. The second kappa shape index (κ2) is 6.38. The summed E-state index contributed by atoms with van der Waals surface area (Å²) in [6, 6.07) is 9.14. The highest BCUT2D eigenvalue weighted by molar-refractivity contribution is 8.14. The van der Waals surface area contributed by atoms with Gasteiger partial charge in [0.05, 0.1) is 6.54 Å². The van der Waals surface area contributed by atoms with Crippen LogP contribution in [0.25, 0.3) is 0 Å². The molecule has 0 saturated carbocycles. The van der Waals surface area contributed by atoms with Gasteiger partial charge >= 0.3 is 11.8 Å². The maximum Gasteiger partial charge on any atom is 0.316 e. The zero-order chi connectivity index (χ0) is 13.7. The van der Waals surface area contributed by atoms with E-state index in [0.717, 1.165) is 5.75 Å². The van der Waals surface area contributed by atoms with Crippen LogP contribution in [0.5, 0.6) is 0 Å². The van der Waals surface area contributed by atoms with Crippen molar-refractivity contribution < 1.29 is 9.59 Å². The van der Waals surface area contributed by atoms with Crippen LogP contribution in [0.3, 0.4) is 0 Å². The van der Waals surface area contributed by atoms with Crippen molar-refractivity contribution in [3.05, 3.63) is 30.3 Å². The van der Waals surface area contributed by atoms with E-state index in [9.17, 15) is 9.59 Å². The molecule has 6 heteroatoms. The third-order valence-corrected chi connectivity index (χ3v) is 3.52. The number of para-hydroxylation sites is 1. The average Bonchev–Trinajstić information content (AvgIpc) is 2.93. The zero-order valence-corrected chi connectivity index (χ0v) is 11.4. The van der Waals surface area contributed by atoms with Crippen LogP contribution in [-0.2, 0) is 9.59 Å². The van der Waals surface area contributed by atoms with Crippen LogP contribution in [0.2, 0.25) is 0 Å². The van der Waals surface area contributed by atoms with Crippen LogP contribution < -0.4 is 10.2 Å². The highest BCUT2D eigenvalue weighted by Crippen LogP contribution is 2.14. The summed E-state index contributed by atoms with van der Waals surface area (Å²) in [6.07, 6.45) is 0. The molecule has 0 radical (unpaired) electrons. The van der Waals surface area contributed by atoms with Crippen LogP contribution in [0.1, 0.15) is 6.92 Å². The number of rotatable bonds is 2. The van der Waals surface area contributed by atoms with Crippen molar-refractivity contribution in [3.8, 4) is 0 Å². The number of nitrogens with one attached hydrogen (secondary N) is 1. The van der Waals surface area contributed by atoms with Crippen molar-refractivity contribution in [1.29, 1.82) is 0 Å². The van der Waals surface area contributed by atoms with Crippen LogP contribution in [0.4, 0.5) is 5.69 Å². The Morgan fingerprint density at radius 2 is 2.11 bits per heavy atom. The molecular weight excluding hydrogens is 262 g/mol. The number of thioether (sulfide) groups is 1. The number of aliphatic imine (C=N–C) groups is 1. The number of carbonyl (C=O) groups is 2.